The first-order valence-corrected chi connectivity index (χ1v) is 7.70. The zero-order chi connectivity index (χ0) is 14.3. The summed E-state index contributed by atoms with van der Waals surface area (Å²) in [4.78, 5) is 4.43. The summed E-state index contributed by atoms with van der Waals surface area (Å²) >= 11 is 0. The Hall–Kier alpha value is -0.900. The lowest BCUT2D eigenvalue weighted by Crippen LogP contribution is -2.34. The van der Waals surface area contributed by atoms with Crippen LogP contribution in [0.25, 0.3) is 0 Å². The highest BCUT2D eigenvalue weighted by molar-refractivity contribution is 4.91. The predicted octanol–water partition coefficient (Wildman–Crippen LogP) is 3.21. The summed E-state index contributed by atoms with van der Waals surface area (Å²) in [5.74, 6) is 1.86. The van der Waals surface area contributed by atoms with Crippen LogP contribution in [0.1, 0.15) is 65.7 Å². The fraction of sp³-hybridized carbons (Fsp3) is 0.867. The summed E-state index contributed by atoms with van der Waals surface area (Å²) in [6, 6.07) is 0.893. The molecule has 1 aromatic rings. The number of rotatable bonds is 9. The molecule has 0 bridgehead atoms. The van der Waals surface area contributed by atoms with Gasteiger partial charge in [-0.3, -0.25) is 0 Å². The third kappa shape index (κ3) is 5.31. The molecule has 19 heavy (non-hydrogen) atoms. The average molecular weight is 266 g/mol. The second-order valence-electron chi connectivity index (χ2n) is 5.82. The number of aromatic nitrogens is 3. The molecule has 0 amide bonds. The van der Waals surface area contributed by atoms with Crippen molar-refractivity contribution in [1.82, 2.24) is 20.1 Å². The van der Waals surface area contributed by atoms with Gasteiger partial charge in [-0.25, -0.2) is 9.67 Å². The Balaban J connectivity index is 2.66. The zero-order valence-corrected chi connectivity index (χ0v) is 13.2. The van der Waals surface area contributed by atoms with Crippen molar-refractivity contribution in [3.8, 4) is 0 Å². The third-order valence-corrected chi connectivity index (χ3v) is 3.63. The second kappa shape index (κ2) is 8.31. The van der Waals surface area contributed by atoms with Crippen LogP contribution < -0.4 is 5.32 Å². The molecule has 0 aliphatic rings. The Morgan fingerprint density at radius 1 is 1.26 bits per heavy atom. The maximum Gasteiger partial charge on any atom is 0.138 e. The van der Waals surface area contributed by atoms with Crippen molar-refractivity contribution in [2.75, 3.05) is 6.54 Å². The van der Waals surface area contributed by atoms with Gasteiger partial charge in [-0.05, 0) is 39.2 Å². The molecule has 0 saturated carbocycles. The maximum absolute atomic E-state index is 4.43. The van der Waals surface area contributed by atoms with Gasteiger partial charge in [0.05, 0.1) is 0 Å². The number of nitrogens with zero attached hydrogens (tertiary/aromatic N) is 3. The minimum Gasteiger partial charge on any atom is -0.314 e. The molecular weight excluding hydrogens is 236 g/mol. The van der Waals surface area contributed by atoms with Crippen molar-refractivity contribution in [2.24, 2.45) is 5.92 Å². The molecule has 0 aromatic carbocycles. The lowest BCUT2D eigenvalue weighted by Gasteiger charge is -2.22. The number of nitrogens with one attached hydrogen (secondary N) is 1. The van der Waals surface area contributed by atoms with Gasteiger partial charge in [-0.15, -0.1) is 0 Å². The van der Waals surface area contributed by atoms with Crippen LogP contribution >= 0.6 is 0 Å². The molecule has 1 aromatic heterocycles. The van der Waals surface area contributed by atoms with E-state index in [4.69, 9.17) is 0 Å². The van der Waals surface area contributed by atoms with Gasteiger partial charge in [0.25, 0.3) is 0 Å². The minimum atomic E-state index is 0.382. The summed E-state index contributed by atoms with van der Waals surface area (Å²) in [5.41, 5.74) is 0. The topological polar surface area (TPSA) is 42.7 Å². The van der Waals surface area contributed by atoms with E-state index in [1.165, 1.54) is 19.3 Å². The molecule has 1 rings (SSSR count). The quantitative estimate of drug-likeness (QED) is 0.746. The van der Waals surface area contributed by atoms with Crippen molar-refractivity contribution in [3.05, 3.63) is 12.2 Å². The van der Waals surface area contributed by atoms with Gasteiger partial charge < -0.3 is 5.32 Å². The molecule has 0 radical (unpaired) electrons. The smallest absolute Gasteiger partial charge is 0.138 e. The van der Waals surface area contributed by atoms with Crippen molar-refractivity contribution >= 4 is 0 Å². The first-order chi connectivity index (χ1) is 9.08. The van der Waals surface area contributed by atoms with Gasteiger partial charge in [-0.1, -0.05) is 27.2 Å². The fourth-order valence-corrected chi connectivity index (χ4v) is 2.31. The van der Waals surface area contributed by atoms with Gasteiger partial charge in [0.1, 0.15) is 12.2 Å². The van der Waals surface area contributed by atoms with Crippen molar-refractivity contribution in [2.45, 2.75) is 72.4 Å². The van der Waals surface area contributed by atoms with E-state index < -0.39 is 0 Å². The van der Waals surface area contributed by atoms with E-state index in [9.17, 15) is 0 Å². The second-order valence-corrected chi connectivity index (χ2v) is 5.82. The van der Waals surface area contributed by atoms with E-state index >= 15 is 0 Å². The first kappa shape index (κ1) is 16.2. The fourth-order valence-electron chi connectivity index (χ4n) is 2.31. The molecule has 0 fully saturated rings. The van der Waals surface area contributed by atoms with Gasteiger partial charge >= 0.3 is 0 Å². The molecule has 0 aliphatic heterocycles. The molecule has 110 valence electrons. The van der Waals surface area contributed by atoms with Crippen molar-refractivity contribution in [1.29, 1.82) is 0 Å². The Morgan fingerprint density at radius 2 is 2.00 bits per heavy atom. The molecule has 1 N–H and O–H groups in total. The Bertz CT molecular complexity index is 346. The summed E-state index contributed by atoms with van der Waals surface area (Å²) in [5, 5.41) is 7.98. The highest BCUT2D eigenvalue weighted by Crippen LogP contribution is 2.14. The van der Waals surface area contributed by atoms with Crippen LogP contribution in [0.2, 0.25) is 0 Å². The van der Waals surface area contributed by atoms with E-state index in [-0.39, 0.29) is 0 Å². The molecule has 0 spiro atoms. The Kier molecular flexibility index (Phi) is 7.06. The largest absolute Gasteiger partial charge is 0.314 e. The van der Waals surface area contributed by atoms with E-state index in [0.717, 1.165) is 24.7 Å². The first-order valence-electron chi connectivity index (χ1n) is 7.70. The van der Waals surface area contributed by atoms with E-state index in [1.54, 1.807) is 6.33 Å². The normalized spacial score (nSPS) is 14.8. The standard InChI is InChI=1S/C15H30N4/c1-6-8-16-14(9-13(5)7-2)10-15-17-11-18-19(15)12(3)4/h11-14,16H,6-10H2,1-5H3. The molecule has 0 saturated heterocycles. The van der Waals surface area contributed by atoms with Crippen molar-refractivity contribution < 1.29 is 0 Å². The van der Waals surface area contributed by atoms with Crippen LogP contribution in [0.3, 0.4) is 0 Å². The van der Waals surface area contributed by atoms with Crippen LogP contribution in [-0.2, 0) is 6.42 Å². The summed E-state index contributed by atoms with van der Waals surface area (Å²) in [6.07, 6.45) is 6.27. The monoisotopic (exact) mass is 266 g/mol. The molecular formula is C15H30N4. The lowest BCUT2D eigenvalue weighted by molar-refractivity contribution is 0.377. The van der Waals surface area contributed by atoms with Gasteiger partial charge in [0, 0.05) is 18.5 Å². The summed E-state index contributed by atoms with van der Waals surface area (Å²) in [6.45, 7) is 12.2. The molecule has 2 unspecified atom stereocenters. The van der Waals surface area contributed by atoms with Gasteiger partial charge in [0.2, 0.25) is 0 Å². The Labute approximate surface area is 118 Å². The van der Waals surface area contributed by atoms with Crippen LogP contribution in [0.15, 0.2) is 6.33 Å². The average Bonchev–Trinajstić information content (AvgIpc) is 2.84. The summed E-state index contributed by atoms with van der Waals surface area (Å²) < 4.78 is 2.04. The van der Waals surface area contributed by atoms with E-state index in [0.29, 0.717) is 12.1 Å². The number of hydrogen-bond acceptors (Lipinski definition) is 3. The molecule has 4 nitrogen and oxygen atoms in total. The SMILES string of the molecule is CCCNC(Cc1ncnn1C(C)C)CC(C)CC. The molecule has 1 heterocycles. The molecule has 2 atom stereocenters. The van der Waals surface area contributed by atoms with Crippen LogP contribution in [0.5, 0.6) is 0 Å². The van der Waals surface area contributed by atoms with Gasteiger partial charge in [-0.2, -0.15) is 5.10 Å². The van der Waals surface area contributed by atoms with Crippen molar-refractivity contribution in [3.63, 3.8) is 0 Å². The minimum absolute atomic E-state index is 0.382. The zero-order valence-electron chi connectivity index (χ0n) is 13.2. The Morgan fingerprint density at radius 3 is 2.58 bits per heavy atom. The third-order valence-electron chi connectivity index (χ3n) is 3.63. The van der Waals surface area contributed by atoms with Crippen LogP contribution in [0.4, 0.5) is 0 Å². The summed E-state index contributed by atoms with van der Waals surface area (Å²) in [7, 11) is 0. The highest BCUT2D eigenvalue weighted by Gasteiger charge is 2.16. The maximum atomic E-state index is 4.43. The van der Waals surface area contributed by atoms with E-state index in [2.05, 4.69) is 50.0 Å². The predicted molar refractivity (Wildman–Crippen MR) is 80.3 cm³/mol. The van der Waals surface area contributed by atoms with Crippen LogP contribution in [-0.4, -0.2) is 27.4 Å². The molecule has 0 aliphatic carbocycles. The molecule has 4 heteroatoms. The number of hydrogen-bond donors (Lipinski definition) is 1. The highest BCUT2D eigenvalue weighted by atomic mass is 15.3. The van der Waals surface area contributed by atoms with Crippen LogP contribution in [0, 0.1) is 5.92 Å². The van der Waals surface area contributed by atoms with E-state index in [1.807, 2.05) is 4.68 Å². The lowest BCUT2D eigenvalue weighted by atomic mass is 9.97. The van der Waals surface area contributed by atoms with Gasteiger partial charge in [0.15, 0.2) is 0 Å².